The van der Waals surface area contributed by atoms with E-state index in [1.807, 2.05) is 67.6 Å². The van der Waals surface area contributed by atoms with E-state index in [-0.39, 0.29) is 18.8 Å². The van der Waals surface area contributed by atoms with Crippen LogP contribution in [0.15, 0.2) is 72.8 Å². The van der Waals surface area contributed by atoms with Crippen molar-refractivity contribution < 1.29 is 38.1 Å². The summed E-state index contributed by atoms with van der Waals surface area (Å²) in [6, 6.07) is 18.5. The van der Waals surface area contributed by atoms with Gasteiger partial charge in [-0.1, -0.05) is 80.6 Å². The normalized spacial score (nSPS) is 21.8. The number of esters is 2. The first kappa shape index (κ1) is 27.1. The molecule has 1 heterocycles. The van der Waals surface area contributed by atoms with Gasteiger partial charge in [-0.3, -0.25) is 9.59 Å². The maximum Gasteiger partial charge on any atom is 0.337 e. The predicted octanol–water partition coefficient (Wildman–Crippen LogP) is 4.22. The number of benzene rings is 2. The molecular formula is C28H32O8. The molecule has 0 radical (unpaired) electrons. The highest BCUT2D eigenvalue weighted by Gasteiger charge is 2.53. The minimum atomic E-state index is -1.22. The Labute approximate surface area is 211 Å². The van der Waals surface area contributed by atoms with Crippen LogP contribution in [0.2, 0.25) is 0 Å². The average Bonchev–Trinajstić information content (AvgIpc) is 3.28. The number of carbonyl (C=O) groups excluding carboxylic acids is 3. The van der Waals surface area contributed by atoms with E-state index >= 15 is 0 Å². The SMILES string of the molecule is C=C(C(=O)OCc1ccccc1)C(OC(C)=O)C1OC(CCCC)(c2ccccc2)OC1COC=O. The van der Waals surface area contributed by atoms with Gasteiger partial charge in [0, 0.05) is 18.9 Å². The molecule has 8 nitrogen and oxygen atoms in total. The lowest BCUT2D eigenvalue weighted by atomic mass is 9.99. The van der Waals surface area contributed by atoms with Crippen LogP contribution in [0.3, 0.4) is 0 Å². The zero-order valence-corrected chi connectivity index (χ0v) is 20.6. The molecule has 1 saturated heterocycles. The van der Waals surface area contributed by atoms with Crippen molar-refractivity contribution in [3.05, 3.63) is 83.9 Å². The lowest BCUT2D eigenvalue weighted by molar-refractivity contribution is -0.200. The summed E-state index contributed by atoms with van der Waals surface area (Å²) in [5.74, 6) is -2.57. The van der Waals surface area contributed by atoms with Crippen LogP contribution in [0.4, 0.5) is 0 Å². The Balaban J connectivity index is 1.90. The first-order valence-corrected chi connectivity index (χ1v) is 11.9. The average molecular weight is 497 g/mol. The lowest BCUT2D eigenvalue weighted by Crippen LogP contribution is -2.43. The molecule has 0 saturated carbocycles. The van der Waals surface area contributed by atoms with Crippen LogP contribution in [-0.4, -0.2) is 43.3 Å². The molecule has 0 spiro atoms. The van der Waals surface area contributed by atoms with E-state index in [9.17, 15) is 14.4 Å². The molecule has 192 valence electrons. The van der Waals surface area contributed by atoms with E-state index in [1.165, 1.54) is 6.92 Å². The highest BCUT2D eigenvalue weighted by atomic mass is 16.8. The Hall–Kier alpha value is -3.49. The van der Waals surface area contributed by atoms with E-state index in [0.717, 1.165) is 24.0 Å². The van der Waals surface area contributed by atoms with Crippen molar-refractivity contribution >= 4 is 18.4 Å². The molecule has 0 aromatic heterocycles. The van der Waals surface area contributed by atoms with Gasteiger partial charge in [0.1, 0.15) is 25.4 Å². The molecule has 36 heavy (non-hydrogen) atoms. The standard InChI is InChI=1S/C28H32O8/c1-4-5-16-28(23-14-10-7-11-15-23)35-24(18-32-19-29)26(36-28)25(34-21(3)30)20(2)27(31)33-17-22-12-8-6-9-13-22/h6-15,19,24-26H,2,4-5,16-18H2,1,3H3. The van der Waals surface area contributed by atoms with E-state index in [2.05, 4.69) is 6.58 Å². The quantitative estimate of drug-likeness (QED) is 0.176. The zero-order valence-electron chi connectivity index (χ0n) is 20.6. The smallest absolute Gasteiger partial charge is 0.337 e. The molecule has 1 aliphatic heterocycles. The largest absolute Gasteiger partial charge is 0.465 e. The monoisotopic (exact) mass is 496 g/mol. The topological polar surface area (TPSA) is 97.4 Å². The number of ether oxygens (including phenoxy) is 5. The van der Waals surface area contributed by atoms with Gasteiger partial charge in [0.25, 0.3) is 6.47 Å². The van der Waals surface area contributed by atoms with Gasteiger partial charge in [-0.25, -0.2) is 4.79 Å². The molecule has 1 aliphatic rings. The molecule has 0 bridgehead atoms. The van der Waals surface area contributed by atoms with Crippen molar-refractivity contribution in [3.63, 3.8) is 0 Å². The minimum absolute atomic E-state index is 0.0235. The second kappa shape index (κ2) is 13.0. The third-order valence-electron chi connectivity index (χ3n) is 5.85. The highest BCUT2D eigenvalue weighted by molar-refractivity contribution is 5.89. The fourth-order valence-electron chi connectivity index (χ4n) is 4.10. The number of rotatable bonds is 13. The molecule has 2 aromatic rings. The number of hydrogen-bond donors (Lipinski definition) is 0. The number of hydrogen-bond acceptors (Lipinski definition) is 8. The number of carbonyl (C=O) groups is 3. The van der Waals surface area contributed by atoms with E-state index in [0.29, 0.717) is 12.9 Å². The van der Waals surface area contributed by atoms with E-state index in [1.54, 1.807) is 0 Å². The third kappa shape index (κ3) is 6.80. The van der Waals surface area contributed by atoms with Crippen molar-refractivity contribution in [3.8, 4) is 0 Å². The van der Waals surface area contributed by atoms with Crippen molar-refractivity contribution in [1.82, 2.24) is 0 Å². The Bertz CT molecular complexity index is 1020. The van der Waals surface area contributed by atoms with Crippen LogP contribution >= 0.6 is 0 Å². The summed E-state index contributed by atoms with van der Waals surface area (Å²) in [5.41, 5.74) is 1.45. The molecule has 0 amide bonds. The molecule has 4 unspecified atom stereocenters. The molecule has 0 N–H and O–H groups in total. The fourth-order valence-corrected chi connectivity index (χ4v) is 4.10. The molecule has 4 atom stereocenters. The molecular weight excluding hydrogens is 464 g/mol. The first-order chi connectivity index (χ1) is 17.4. The summed E-state index contributed by atoms with van der Waals surface area (Å²) in [4.78, 5) is 36.0. The zero-order chi connectivity index (χ0) is 26.0. The Morgan fingerprint density at radius 2 is 1.75 bits per heavy atom. The van der Waals surface area contributed by atoms with Gasteiger partial charge in [-0.05, 0) is 12.0 Å². The summed E-state index contributed by atoms with van der Waals surface area (Å²) in [5, 5.41) is 0. The Morgan fingerprint density at radius 3 is 2.36 bits per heavy atom. The van der Waals surface area contributed by atoms with Gasteiger partial charge >= 0.3 is 11.9 Å². The molecule has 0 aliphatic carbocycles. The van der Waals surface area contributed by atoms with Crippen molar-refractivity contribution in [2.75, 3.05) is 6.61 Å². The molecule has 8 heteroatoms. The second-order valence-corrected chi connectivity index (χ2v) is 8.51. The number of unbranched alkanes of at least 4 members (excludes halogenated alkanes) is 1. The van der Waals surface area contributed by atoms with Gasteiger partial charge in [0.2, 0.25) is 0 Å². The van der Waals surface area contributed by atoms with Gasteiger partial charge in [0.15, 0.2) is 11.9 Å². The summed E-state index contributed by atoms with van der Waals surface area (Å²) < 4.78 is 28.8. The lowest BCUT2D eigenvalue weighted by Gasteiger charge is -2.30. The highest BCUT2D eigenvalue weighted by Crippen LogP contribution is 2.44. The molecule has 3 rings (SSSR count). The maximum absolute atomic E-state index is 12.9. The predicted molar refractivity (Wildman–Crippen MR) is 130 cm³/mol. The Kier molecular flexibility index (Phi) is 9.78. The van der Waals surface area contributed by atoms with Crippen molar-refractivity contribution in [2.45, 2.75) is 63.8 Å². The van der Waals surface area contributed by atoms with Gasteiger partial charge in [-0.15, -0.1) is 0 Å². The van der Waals surface area contributed by atoms with Gasteiger partial charge in [0.05, 0.1) is 5.57 Å². The maximum atomic E-state index is 12.9. The third-order valence-corrected chi connectivity index (χ3v) is 5.85. The van der Waals surface area contributed by atoms with Crippen LogP contribution in [-0.2, 0) is 50.5 Å². The molecule has 2 aromatic carbocycles. The first-order valence-electron chi connectivity index (χ1n) is 11.9. The fraction of sp³-hybridized carbons (Fsp3) is 0.393. The summed E-state index contributed by atoms with van der Waals surface area (Å²) in [6.45, 7) is 7.30. The van der Waals surface area contributed by atoms with Crippen LogP contribution < -0.4 is 0 Å². The van der Waals surface area contributed by atoms with E-state index in [4.69, 9.17) is 23.7 Å². The summed E-state index contributed by atoms with van der Waals surface area (Å²) >= 11 is 0. The molecule has 1 fully saturated rings. The van der Waals surface area contributed by atoms with Gasteiger partial charge < -0.3 is 23.7 Å². The van der Waals surface area contributed by atoms with Crippen molar-refractivity contribution in [2.24, 2.45) is 0 Å². The van der Waals surface area contributed by atoms with Crippen LogP contribution in [0, 0.1) is 0 Å². The van der Waals surface area contributed by atoms with Crippen molar-refractivity contribution in [1.29, 1.82) is 0 Å². The second-order valence-electron chi connectivity index (χ2n) is 8.51. The van der Waals surface area contributed by atoms with Crippen LogP contribution in [0.5, 0.6) is 0 Å². The van der Waals surface area contributed by atoms with Gasteiger partial charge in [-0.2, -0.15) is 0 Å². The van der Waals surface area contributed by atoms with Crippen LogP contribution in [0.25, 0.3) is 0 Å². The van der Waals surface area contributed by atoms with E-state index < -0.39 is 36.0 Å². The minimum Gasteiger partial charge on any atom is -0.465 e. The Morgan fingerprint density at radius 1 is 1.08 bits per heavy atom. The van der Waals surface area contributed by atoms with Crippen LogP contribution in [0.1, 0.15) is 44.2 Å². The summed E-state index contributed by atoms with van der Waals surface area (Å²) in [7, 11) is 0. The summed E-state index contributed by atoms with van der Waals surface area (Å²) in [6.07, 6.45) is -0.885.